The Labute approximate surface area is 201 Å². The van der Waals surface area contributed by atoms with E-state index in [1.165, 1.54) is 6.26 Å². The van der Waals surface area contributed by atoms with Gasteiger partial charge in [0.1, 0.15) is 6.26 Å². The number of aromatic nitrogens is 4. The van der Waals surface area contributed by atoms with Crippen molar-refractivity contribution < 1.29 is 18.7 Å². The number of nitrogens with zero attached hydrogens (tertiary/aromatic N) is 4. The highest BCUT2D eigenvalue weighted by Crippen LogP contribution is 2.34. The Morgan fingerprint density at radius 1 is 1.26 bits per heavy atom. The van der Waals surface area contributed by atoms with Gasteiger partial charge < -0.3 is 19.8 Å². The molecule has 0 radical (unpaired) electrons. The Morgan fingerprint density at radius 3 is 2.86 bits per heavy atom. The molecule has 0 aliphatic carbocycles. The molecule has 3 aromatic heterocycles. The maximum absolute atomic E-state index is 12.8. The van der Waals surface area contributed by atoms with Gasteiger partial charge in [-0.15, -0.1) is 0 Å². The number of esters is 1. The van der Waals surface area contributed by atoms with Crippen LogP contribution in [0.15, 0.2) is 53.4 Å². The van der Waals surface area contributed by atoms with E-state index in [0.717, 1.165) is 10.9 Å². The lowest BCUT2D eigenvalue weighted by Gasteiger charge is -2.24. The molecule has 1 amide bonds. The minimum atomic E-state index is -0.339. The highest BCUT2D eigenvalue weighted by Gasteiger charge is 2.25. The van der Waals surface area contributed by atoms with Gasteiger partial charge in [-0.25, -0.2) is 14.6 Å². The van der Waals surface area contributed by atoms with Crippen molar-refractivity contribution in [1.29, 1.82) is 0 Å². The van der Waals surface area contributed by atoms with Crippen LogP contribution in [0, 0.1) is 0 Å². The fraction of sp³-hybridized carbons (Fsp3) is 0.320. The van der Waals surface area contributed by atoms with E-state index in [1.807, 2.05) is 44.2 Å². The first-order chi connectivity index (χ1) is 17.0. The molecule has 10 heteroatoms. The van der Waals surface area contributed by atoms with Gasteiger partial charge in [0, 0.05) is 25.2 Å². The number of fused-ring (bicyclic) bond motifs is 1. The van der Waals surface area contributed by atoms with Crippen LogP contribution >= 0.6 is 0 Å². The number of ether oxygens (including phenoxy) is 1. The second kappa shape index (κ2) is 9.57. The van der Waals surface area contributed by atoms with E-state index in [4.69, 9.17) is 9.15 Å². The maximum atomic E-state index is 12.8. The number of hydrogen-bond donors (Lipinski definition) is 2. The highest BCUT2D eigenvalue weighted by molar-refractivity contribution is 5.98. The number of benzene rings is 1. The summed E-state index contributed by atoms with van der Waals surface area (Å²) >= 11 is 0. The van der Waals surface area contributed by atoms with Gasteiger partial charge in [0.25, 0.3) is 5.91 Å². The fourth-order valence-corrected chi connectivity index (χ4v) is 4.18. The van der Waals surface area contributed by atoms with Gasteiger partial charge >= 0.3 is 5.97 Å². The Balaban J connectivity index is 1.45. The molecule has 1 aliphatic rings. The van der Waals surface area contributed by atoms with Gasteiger partial charge in [0.15, 0.2) is 11.3 Å². The monoisotopic (exact) mass is 474 g/mol. The number of hydrogen-bond acceptors (Lipinski definition) is 8. The number of pyridine rings is 1. The number of anilines is 1. The van der Waals surface area contributed by atoms with E-state index >= 15 is 0 Å². The topological polar surface area (TPSA) is 124 Å². The van der Waals surface area contributed by atoms with Crippen LogP contribution < -0.4 is 10.6 Å². The van der Waals surface area contributed by atoms with Crippen molar-refractivity contribution >= 4 is 28.6 Å². The number of nitrogens with one attached hydrogen (secondary N) is 2. The van der Waals surface area contributed by atoms with E-state index in [9.17, 15) is 9.59 Å². The number of carbonyl (C=O) groups is 2. The molecule has 35 heavy (non-hydrogen) atoms. The fourth-order valence-electron chi connectivity index (χ4n) is 4.18. The molecule has 1 saturated heterocycles. The van der Waals surface area contributed by atoms with Gasteiger partial charge in [0.2, 0.25) is 5.89 Å². The van der Waals surface area contributed by atoms with E-state index in [0.29, 0.717) is 36.5 Å². The average molecular weight is 475 g/mol. The number of carbonyl (C=O) groups excluding carboxylic acids is 2. The molecule has 4 aromatic rings. The minimum Gasteiger partial charge on any atom is -0.466 e. The smallest absolute Gasteiger partial charge is 0.307 e. The van der Waals surface area contributed by atoms with Crippen LogP contribution in [-0.2, 0) is 16.1 Å². The summed E-state index contributed by atoms with van der Waals surface area (Å²) in [5.74, 6) is -0.330. The predicted octanol–water partition coefficient (Wildman–Crippen LogP) is 3.71. The van der Waals surface area contributed by atoms with Crippen LogP contribution in [-0.4, -0.2) is 44.3 Å². The second-order valence-electron chi connectivity index (χ2n) is 8.44. The summed E-state index contributed by atoms with van der Waals surface area (Å²) < 4.78 is 12.6. The summed E-state index contributed by atoms with van der Waals surface area (Å²) in [5.41, 5.74) is 3.16. The zero-order valence-corrected chi connectivity index (χ0v) is 19.5. The van der Waals surface area contributed by atoms with Crippen molar-refractivity contribution in [3.63, 3.8) is 0 Å². The van der Waals surface area contributed by atoms with Crippen molar-refractivity contribution in [3.05, 3.63) is 60.2 Å². The van der Waals surface area contributed by atoms with Gasteiger partial charge in [-0.3, -0.25) is 9.59 Å². The third-order valence-corrected chi connectivity index (χ3v) is 6.07. The van der Waals surface area contributed by atoms with E-state index < -0.39 is 0 Å². The average Bonchev–Trinajstić information content (AvgIpc) is 3.52. The lowest BCUT2D eigenvalue weighted by Crippen LogP contribution is -2.31. The third kappa shape index (κ3) is 4.59. The lowest BCUT2D eigenvalue weighted by atomic mass is 10.1. The van der Waals surface area contributed by atoms with Gasteiger partial charge in [-0.2, -0.15) is 5.10 Å². The largest absolute Gasteiger partial charge is 0.466 e. The molecule has 10 nitrogen and oxygen atoms in total. The number of oxazole rings is 1. The maximum Gasteiger partial charge on any atom is 0.307 e. The van der Waals surface area contributed by atoms with E-state index in [2.05, 4.69) is 25.7 Å². The molecule has 0 spiro atoms. The summed E-state index contributed by atoms with van der Waals surface area (Å²) in [4.78, 5) is 33.7. The lowest BCUT2D eigenvalue weighted by molar-refractivity contribution is -0.147. The van der Waals surface area contributed by atoms with Crippen LogP contribution in [0.3, 0.4) is 0 Å². The quantitative estimate of drug-likeness (QED) is 0.389. The first kappa shape index (κ1) is 22.6. The molecule has 2 N–H and O–H groups in total. The first-order valence-electron chi connectivity index (χ1n) is 11.6. The molecule has 2 atom stereocenters. The second-order valence-corrected chi connectivity index (χ2v) is 8.44. The molecule has 180 valence electrons. The minimum absolute atomic E-state index is 0.116. The normalized spacial score (nSPS) is 16.6. The Kier molecular flexibility index (Phi) is 6.17. The van der Waals surface area contributed by atoms with Crippen LogP contribution in [0.4, 0.5) is 5.69 Å². The summed E-state index contributed by atoms with van der Waals surface area (Å²) in [6, 6.07) is 9.39. The molecule has 5 rings (SSSR count). The van der Waals surface area contributed by atoms with Crippen molar-refractivity contribution in [2.75, 3.05) is 11.9 Å². The number of amides is 1. The molecule has 4 heterocycles. The molecule has 2 unspecified atom stereocenters. The number of aryl methyl sites for hydroxylation is 1. The van der Waals surface area contributed by atoms with Gasteiger partial charge in [-0.05, 0) is 19.4 Å². The van der Waals surface area contributed by atoms with Crippen molar-refractivity contribution in [3.8, 4) is 11.5 Å². The van der Waals surface area contributed by atoms with E-state index in [-0.39, 0.29) is 42.0 Å². The van der Waals surface area contributed by atoms with Gasteiger partial charge in [0.05, 0.1) is 41.9 Å². The summed E-state index contributed by atoms with van der Waals surface area (Å²) in [7, 11) is 0. The van der Waals surface area contributed by atoms with Crippen LogP contribution in [0.2, 0.25) is 0 Å². The molecular formula is C25H26N6O4. The predicted molar refractivity (Wildman–Crippen MR) is 129 cm³/mol. The molecule has 0 saturated carbocycles. The van der Waals surface area contributed by atoms with E-state index in [1.54, 1.807) is 17.1 Å². The van der Waals surface area contributed by atoms with Crippen LogP contribution in [0.25, 0.3) is 22.5 Å². The Hall–Kier alpha value is -4.21. The molecule has 0 bridgehead atoms. The molecular weight excluding hydrogens is 448 g/mol. The van der Waals surface area contributed by atoms with Crippen LogP contribution in [0.1, 0.15) is 48.8 Å². The Bertz CT molecular complexity index is 1360. The Morgan fingerprint density at radius 2 is 2.09 bits per heavy atom. The molecule has 1 aliphatic heterocycles. The standard InChI is InChI=1S/C25H26N6O4/c1-3-31-23-18(13-27-31)22(29-17-9-10-34-21(32)11-17)19(12-26-23)25-30-20(14-35-25)24(33)28-15(2)16-7-5-4-6-8-16/h4-8,12-15,17H,3,9-11H2,1-2H3,(H,26,29)(H,28,33). The molecule has 1 aromatic carbocycles. The summed E-state index contributed by atoms with van der Waals surface area (Å²) in [6.07, 6.45) is 5.65. The zero-order chi connectivity index (χ0) is 24.4. The zero-order valence-electron chi connectivity index (χ0n) is 19.5. The summed E-state index contributed by atoms with van der Waals surface area (Å²) in [6.45, 7) is 4.92. The third-order valence-electron chi connectivity index (χ3n) is 6.07. The highest BCUT2D eigenvalue weighted by atomic mass is 16.5. The SMILES string of the molecule is CCn1ncc2c(NC3CCOC(=O)C3)c(-c3nc(C(=O)NC(C)c4ccccc4)co3)cnc21. The number of rotatable bonds is 7. The van der Waals surface area contributed by atoms with Crippen molar-refractivity contribution in [2.24, 2.45) is 0 Å². The van der Waals surface area contributed by atoms with Crippen molar-refractivity contribution in [1.82, 2.24) is 25.1 Å². The van der Waals surface area contributed by atoms with Crippen LogP contribution in [0.5, 0.6) is 0 Å². The molecule has 1 fully saturated rings. The van der Waals surface area contributed by atoms with Crippen molar-refractivity contribution in [2.45, 2.75) is 45.3 Å². The first-order valence-corrected chi connectivity index (χ1v) is 11.6. The van der Waals surface area contributed by atoms with Gasteiger partial charge in [-0.1, -0.05) is 30.3 Å². The summed E-state index contributed by atoms with van der Waals surface area (Å²) in [5, 5.41) is 11.6. The number of cyclic esters (lactones) is 1.